The monoisotopic (exact) mass is 202 g/mol. The molecule has 0 saturated heterocycles. The summed E-state index contributed by atoms with van der Waals surface area (Å²) in [5.41, 5.74) is -0.175. The molecule has 4 heteroatoms. The first-order chi connectivity index (χ1) is 5.65. The third kappa shape index (κ3) is 3.22. The summed E-state index contributed by atoms with van der Waals surface area (Å²) in [5, 5.41) is 10.2. The van der Waals surface area contributed by atoms with Crippen LogP contribution in [0.15, 0.2) is 18.2 Å². The van der Waals surface area contributed by atoms with E-state index < -0.39 is 17.3 Å². The van der Waals surface area contributed by atoms with Crippen molar-refractivity contribution >= 4 is 5.97 Å². The average Bonchev–Trinajstić information content (AvgIpc) is 2.03. The van der Waals surface area contributed by atoms with Gasteiger partial charge in [0, 0.05) is 11.1 Å². The van der Waals surface area contributed by atoms with E-state index in [1.807, 2.05) is 0 Å². The summed E-state index contributed by atoms with van der Waals surface area (Å²) in [6.45, 7) is 0. The first-order valence-electron chi connectivity index (χ1n) is 3.12. The Kier molecular flexibility index (Phi) is 5.45. The Hall–Kier alpha value is -0.184. The molecule has 1 aromatic carbocycles. The van der Waals surface area contributed by atoms with Gasteiger partial charge in [0.05, 0.1) is 5.97 Å². The fraction of sp³-hybridized carbons (Fsp3) is 0. The summed E-state index contributed by atoms with van der Waals surface area (Å²) < 4.78 is 12.8. The van der Waals surface area contributed by atoms with Gasteiger partial charge in [-0.2, -0.15) is 0 Å². The van der Waals surface area contributed by atoms with E-state index in [1.165, 1.54) is 6.07 Å². The molecule has 0 aliphatic rings. The molecule has 0 unspecified atom stereocenters. The number of carboxylic acid groups (broad SMARTS) is 1. The number of halogens is 1. The standard InChI is InChI=1S/C9H5FO2.K/c1-2-6-3-4-7(9(11)12)8(10)5-6;/h1,3-5H,(H,11,12);/q;+1/p-1. The predicted octanol–water partition coefficient (Wildman–Crippen LogP) is -2.83. The van der Waals surface area contributed by atoms with Gasteiger partial charge in [0.1, 0.15) is 5.82 Å². The number of rotatable bonds is 1. The van der Waals surface area contributed by atoms with Crippen LogP contribution < -0.4 is 56.5 Å². The second-order valence-electron chi connectivity index (χ2n) is 2.13. The molecule has 0 radical (unpaired) electrons. The molecule has 0 N–H and O–H groups in total. The van der Waals surface area contributed by atoms with Crippen LogP contribution in [0.5, 0.6) is 0 Å². The van der Waals surface area contributed by atoms with Gasteiger partial charge in [0.25, 0.3) is 0 Å². The van der Waals surface area contributed by atoms with Crippen LogP contribution in [0.3, 0.4) is 0 Å². The number of hydrogen-bond donors (Lipinski definition) is 0. The van der Waals surface area contributed by atoms with E-state index in [9.17, 15) is 14.3 Å². The Morgan fingerprint density at radius 1 is 1.54 bits per heavy atom. The van der Waals surface area contributed by atoms with E-state index in [-0.39, 0.29) is 51.4 Å². The molecule has 60 valence electrons. The van der Waals surface area contributed by atoms with Crippen molar-refractivity contribution in [1.29, 1.82) is 0 Å². The summed E-state index contributed by atoms with van der Waals surface area (Å²) >= 11 is 0. The van der Waals surface area contributed by atoms with Crippen LogP contribution in [-0.2, 0) is 0 Å². The van der Waals surface area contributed by atoms with E-state index in [0.717, 1.165) is 12.1 Å². The molecule has 0 heterocycles. The van der Waals surface area contributed by atoms with Crippen LogP contribution in [0, 0.1) is 18.2 Å². The Balaban J connectivity index is 0.00000144. The van der Waals surface area contributed by atoms with Crippen molar-refractivity contribution in [1.82, 2.24) is 0 Å². The smallest absolute Gasteiger partial charge is 0.545 e. The molecule has 1 rings (SSSR count). The van der Waals surface area contributed by atoms with Crippen molar-refractivity contribution in [2.45, 2.75) is 0 Å². The van der Waals surface area contributed by atoms with Crippen molar-refractivity contribution in [2.75, 3.05) is 0 Å². The summed E-state index contributed by atoms with van der Waals surface area (Å²) in [6.07, 6.45) is 4.97. The van der Waals surface area contributed by atoms with Crippen molar-refractivity contribution in [3.05, 3.63) is 35.1 Å². The molecule has 0 aliphatic heterocycles. The summed E-state index contributed by atoms with van der Waals surface area (Å²) in [6, 6.07) is 3.40. The van der Waals surface area contributed by atoms with Gasteiger partial charge < -0.3 is 9.90 Å². The molecule has 0 saturated carbocycles. The number of carboxylic acids is 1. The zero-order chi connectivity index (χ0) is 9.14. The molecule has 0 fully saturated rings. The predicted molar refractivity (Wildman–Crippen MR) is 38.7 cm³/mol. The van der Waals surface area contributed by atoms with E-state index >= 15 is 0 Å². The fourth-order valence-electron chi connectivity index (χ4n) is 0.770. The number of aromatic carboxylic acids is 1. The maximum atomic E-state index is 12.8. The molecule has 2 nitrogen and oxygen atoms in total. The molecule has 0 spiro atoms. The van der Waals surface area contributed by atoms with E-state index in [1.54, 1.807) is 0 Å². The Labute approximate surface area is 118 Å². The molecule has 0 amide bonds. The van der Waals surface area contributed by atoms with E-state index in [2.05, 4.69) is 5.92 Å². The molecule has 0 aromatic heterocycles. The first kappa shape index (κ1) is 12.8. The van der Waals surface area contributed by atoms with Gasteiger partial charge in [-0.3, -0.25) is 0 Å². The molecular formula is C9H4FKO2. The quantitative estimate of drug-likeness (QED) is 0.364. The molecule has 0 bridgehead atoms. The van der Waals surface area contributed by atoms with Crippen LogP contribution in [-0.4, -0.2) is 5.97 Å². The van der Waals surface area contributed by atoms with Crippen molar-refractivity contribution in [3.8, 4) is 12.3 Å². The largest absolute Gasteiger partial charge is 1.00 e. The van der Waals surface area contributed by atoms with Crippen molar-refractivity contribution < 1.29 is 65.7 Å². The van der Waals surface area contributed by atoms with Crippen molar-refractivity contribution in [3.63, 3.8) is 0 Å². The van der Waals surface area contributed by atoms with Gasteiger partial charge >= 0.3 is 51.4 Å². The van der Waals surface area contributed by atoms with E-state index in [4.69, 9.17) is 6.42 Å². The van der Waals surface area contributed by atoms with Gasteiger partial charge in [-0.15, -0.1) is 6.42 Å². The minimum atomic E-state index is -1.55. The maximum absolute atomic E-state index is 12.8. The number of carbonyl (C=O) groups excluding carboxylic acids is 1. The molecular weight excluding hydrogens is 198 g/mol. The number of carbonyl (C=O) groups is 1. The second kappa shape index (κ2) is 5.53. The Morgan fingerprint density at radius 3 is 2.54 bits per heavy atom. The summed E-state index contributed by atoms with van der Waals surface area (Å²) in [4.78, 5) is 10.2. The zero-order valence-corrected chi connectivity index (χ0v) is 10.1. The second-order valence-corrected chi connectivity index (χ2v) is 2.13. The third-order valence-corrected chi connectivity index (χ3v) is 1.36. The molecule has 0 atom stereocenters. The van der Waals surface area contributed by atoms with Crippen molar-refractivity contribution in [2.24, 2.45) is 0 Å². The topological polar surface area (TPSA) is 40.1 Å². The SMILES string of the molecule is C#Cc1ccc(C(=O)[O-])c(F)c1.[K+]. The first-order valence-corrected chi connectivity index (χ1v) is 3.12. The van der Waals surface area contributed by atoms with Gasteiger partial charge in [-0.25, -0.2) is 4.39 Å². The maximum Gasteiger partial charge on any atom is 1.00 e. The summed E-state index contributed by atoms with van der Waals surface area (Å²) in [5.74, 6) is -0.235. The van der Waals surface area contributed by atoms with E-state index in [0.29, 0.717) is 5.56 Å². The van der Waals surface area contributed by atoms with Crippen LogP contribution >= 0.6 is 0 Å². The van der Waals surface area contributed by atoms with Gasteiger partial charge in [-0.1, -0.05) is 5.92 Å². The normalized spacial score (nSPS) is 8.31. The van der Waals surface area contributed by atoms with Gasteiger partial charge in [0.15, 0.2) is 0 Å². The minimum absolute atomic E-state index is 0. The van der Waals surface area contributed by atoms with Crippen LogP contribution in [0.4, 0.5) is 4.39 Å². The summed E-state index contributed by atoms with van der Waals surface area (Å²) in [7, 11) is 0. The minimum Gasteiger partial charge on any atom is -0.545 e. The molecule has 1 aromatic rings. The third-order valence-electron chi connectivity index (χ3n) is 1.36. The van der Waals surface area contributed by atoms with Gasteiger partial charge in [-0.05, 0) is 18.2 Å². The average molecular weight is 202 g/mol. The Morgan fingerprint density at radius 2 is 2.15 bits per heavy atom. The van der Waals surface area contributed by atoms with Crippen LogP contribution in [0.1, 0.15) is 15.9 Å². The van der Waals surface area contributed by atoms with Crippen LogP contribution in [0.25, 0.3) is 0 Å². The van der Waals surface area contributed by atoms with Crippen LogP contribution in [0.2, 0.25) is 0 Å². The number of terminal acetylenes is 1. The fourth-order valence-corrected chi connectivity index (χ4v) is 0.770. The zero-order valence-electron chi connectivity index (χ0n) is 7.00. The molecule has 0 aliphatic carbocycles. The number of hydrogen-bond acceptors (Lipinski definition) is 2. The molecule has 13 heavy (non-hydrogen) atoms. The Bertz CT molecular complexity index is 368. The van der Waals surface area contributed by atoms with Gasteiger partial charge in [0.2, 0.25) is 0 Å². The number of benzene rings is 1.